The molecule has 0 radical (unpaired) electrons. The number of aryl methyl sites for hydroxylation is 1. The molecule has 0 aromatic carbocycles. The molecule has 14 heavy (non-hydrogen) atoms. The van der Waals surface area contributed by atoms with Gasteiger partial charge in [-0.2, -0.15) is 5.10 Å². The summed E-state index contributed by atoms with van der Waals surface area (Å²) in [4.78, 5) is 0.402. The summed E-state index contributed by atoms with van der Waals surface area (Å²) in [5.74, 6) is 0. The first-order valence-electron chi connectivity index (χ1n) is 3.94. The second kappa shape index (κ2) is 3.94. The Bertz CT molecular complexity index is 478. The lowest BCUT2D eigenvalue weighted by molar-refractivity contribution is 0.934. The van der Waals surface area contributed by atoms with Gasteiger partial charge in [-0.3, -0.25) is 0 Å². The average Bonchev–Trinajstić information content (AvgIpc) is 2.39. The van der Waals surface area contributed by atoms with E-state index in [-0.39, 0.29) is 12.4 Å². The van der Waals surface area contributed by atoms with Crippen LogP contribution in [-0.2, 0) is 0 Å². The molecular weight excluding hydrogens is 218 g/mol. The van der Waals surface area contributed by atoms with Crippen molar-refractivity contribution in [2.45, 2.75) is 6.92 Å². The molecule has 0 aliphatic heterocycles. The van der Waals surface area contributed by atoms with Crippen LogP contribution in [0.2, 0.25) is 0 Å². The van der Waals surface area contributed by atoms with E-state index in [0.717, 1.165) is 16.8 Å². The van der Waals surface area contributed by atoms with Gasteiger partial charge in [-0.05, 0) is 19.1 Å². The molecule has 2 N–H and O–H groups in total. The number of nitrogens with zero attached hydrogens (tertiary/aromatic N) is 2. The molecule has 5 heteroatoms. The number of rotatable bonds is 1. The van der Waals surface area contributed by atoms with Crippen molar-refractivity contribution in [1.29, 1.82) is 0 Å². The zero-order valence-electron chi connectivity index (χ0n) is 7.60. The van der Waals surface area contributed by atoms with Gasteiger partial charge >= 0.3 is 0 Å². The van der Waals surface area contributed by atoms with Gasteiger partial charge in [-0.25, -0.2) is 4.52 Å². The fourth-order valence-electron chi connectivity index (χ4n) is 1.42. The van der Waals surface area contributed by atoms with E-state index in [1.807, 2.05) is 31.3 Å². The summed E-state index contributed by atoms with van der Waals surface area (Å²) < 4.78 is 1.78. The molecule has 2 heterocycles. The molecule has 2 aromatic rings. The van der Waals surface area contributed by atoms with Crippen molar-refractivity contribution in [2.24, 2.45) is 5.73 Å². The summed E-state index contributed by atoms with van der Waals surface area (Å²) in [7, 11) is 0. The Morgan fingerprint density at radius 2 is 2.21 bits per heavy atom. The van der Waals surface area contributed by atoms with Gasteiger partial charge in [0.2, 0.25) is 0 Å². The van der Waals surface area contributed by atoms with Crippen LogP contribution in [0.3, 0.4) is 0 Å². The molecule has 0 fully saturated rings. The number of halogens is 1. The van der Waals surface area contributed by atoms with E-state index in [2.05, 4.69) is 5.10 Å². The number of hydrogen-bond donors (Lipinski definition) is 1. The van der Waals surface area contributed by atoms with Crippen LogP contribution in [0.15, 0.2) is 24.4 Å². The predicted molar refractivity (Wildman–Crippen MR) is 63.1 cm³/mol. The Hall–Kier alpha value is -1.13. The van der Waals surface area contributed by atoms with Crippen molar-refractivity contribution in [3.05, 3.63) is 35.7 Å². The molecule has 0 spiro atoms. The van der Waals surface area contributed by atoms with Crippen LogP contribution in [0.4, 0.5) is 0 Å². The van der Waals surface area contributed by atoms with E-state index >= 15 is 0 Å². The fraction of sp³-hybridized carbons (Fsp3) is 0.111. The Kier molecular flexibility index (Phi) is 3.08. The van der Waals surface area contributed by atoms with Crippen LogP contribution in [0.25, 0.3) is 5.52 Å². The number of pyridine rings is 1. The highest BCUT2D eigenvalue weighted by Gasteiger charge is 2.09. The fourth-order valence-corrected chi connectivity index (χ4v) is 1.67. The van der Waals surface area contributed by atoms with Crippen molar-refractivity contribution in [1.82, 2.24) is 9.61 Å². The van der Waals surface area contributed by atoms with E-state index in [1.165, 1.54) is 0 Å². The Morgan fingerprint density at radius 3 is 2.86 bits per heavy atom. The Balaban J connectivity index is 0.000000980. The van der Waals surface area contributed by atoms with Crippen molar-refractivity contribution in [3.63, 3.8) is 0 Å². The largest absolute Gasteiger partial charge is 0.389 e. The molecule has 2 rings (SSSR count). The lowest BCUT2D eigenvalue weighted by Gasteiger charge is -1.95. The topological polar surface area (TPSA) is 43.3 Å². The monoisotopic (exact) mass is 227 g/mol. The van der Waals surface area contributed by atoms with Crippen LogP contribution in [-0.4, -0.2) is 14.6 Å². The van der Waals surface area contributed by atoms with Crippen molar-refractivity contribution >= 4 is 35.1 Å². The maximum Gasteiger partial charge on any atom is 0.108 e. The summed E-state index contributed by atoms with van der Waals surface area (Å²) in [5.41, 5.74) is 8.31. The molecular formula is C9H10ClN3S. The lowest BCUT2D eigenvalue weighted by Crippen LogP contribution is -2.10. The van der Waals surface area contributed by atoms with Crippen LogP contribution >= 0.6 is 24.6 Å². The molecule has 2 aromatic heterocycles. The van der Waals surface area contributed by atoms with Crippen LogP contribution in [0, 0.1) is 6.92 Å². The van der Waals surface area contributed by atoms with E-state index in [1.54, 1.807) is 4.52 Å². The van der Waals surface area contributed by atoms with Gasteiger partial charge in [0.15, 0.2) is 0 Å². The second-order valence-corrected chi connectivity index (χ2v) is 3.29. The van der Waals surface area contributed by atoms with Gasteiger partial charge in [0.05, 0.1) is 16.8 Å². The summed E-state index contributed by atoms with van der Waals surface area (Å²) >= 11 is 4.96. The normalized spacial score (nSPS) is 9.79. The second-order valence-electron chi connectivity index (χ2n) is 2.86. The Labute approximate surface area is 93.3 Å². The minimum absolute atomic E-state index is 0. The van der Waals surface area contributed by atoms with Crippen LogP contribution in [0.1, 0.15) is 11.3 Å². The highest BCUT2D eigenvalue weighted by Crippen LogP contribution is 2.14. The zero-order valence-corrected chi connectivity index (χ0v) is 9.23. The average molecular weight is 228 g/mol. The third-order valence-corrected chi connectivity index (χ3v) is 2.17. The molecule has 0 atom stereocenters. The highest BCUT2D eigenvalue weighted by molar-refractivity contribution is 7.80. The van der Waals surface area contributed by atoms with E-state index in [4.69, 9.17) is 18.0 Å². The summed E-state index contributed by atoms with van der Waals surface area (Å²) in [6.45, 7) is 1.90. The SMILES string of the molecule is Cc1nn2ccccc2c1C(N)=S.Cl. The predicted octanol–water partition coefficient (Wildman–Crippen LogP) is 1.70. The minimum Gasteiger partial charge on any atom is -0.389 e. The van der Waals surface area contributed by atoms with Gasteiger partial charge in [-0.15, -0.1) is 12.4 Å². The molecule has 74 valence electrons. The molecule has 0 aliphatic rings. The van der Waals surface area contributed by atoms with Gasteiger partial charge in [0.25, 0.3) is 0 Å². The summed E-state index contributed by atoms with van der Waals surface area (Å²) in [6.07, 6.45) is 1.88. The Morgan fingerprint density at radius 1 is 1.50 bits per heavy atom. The van der Waals surface area contributed by atoms with E-state index in [9.17, 15) is 0 Å². The number of hydrogen-bond acceptors (Lipinski definition) is 2. The van der Waals surface area contributed by atoms with Crippen molar-refractivity contribution in [3.8, 4) is 0 Å². The maximum atomic E-state index is 5.60. The zero-order chi connectivity index (χ0) is 9.42. The molecule has 0 unspecified atom stereocenters. The lowest BCUT2D eigenvalue weighted by atomic mass is 10.2. The maximum absolute atomic E-state index is 5.60. The van der Waals surface area contributed by atoms with Crippen molar-refractivity contribution in [2.75, 3.05) is 0 Å². The van der Waals surface area contributed by atoms with Crippen LogP contribution < -0.4 is 5.73 Å². The summed E-state index contributed by atoms with van der Waals surface area (Å²) in [6, 6.07) is 5.81. The molecule has 0 saturated heterocycles. The first-order chi connectivity index (χ1) is 6.20. The molecule has 3 nitrogen and oxygen atoms in total. The van der Waals surface area contributed by atoms with Gasteiger partial charge in [-0.1, -0.05) is 18.3 Å². The van der Waals surface area contributed by atoms with E-state index in [0.29, 0.717) is 4.99 Å². The molecule has 0 saturated carbocycles. The number of fused-ring (bicyclic) bond motifs is 1. The summed E-state index contributed by atoms with van der Waals surface area (Å²) in [5, 5.41) is 4.28. The van der Waals surface area contributed by atoms with Gasteiger partial charge in [0, 0.05) is 6.20 Å². The first kappa shape index (κ1) is 10.9. The number of aromatic nitrogens is 2. The number of nitrogens with two attached hydrogens (primary N) is 1. The molecule has 0 aliphatic carbocycles. The third kappa shape index (κ3) is 1.58. The molecule has 0 bridgehead atoms. The number of thiocarbonyl (C=S) groups is 1. The highest BCUT2D eigenvalue weighted by atomic mass is 35.5. The third-order valence-electron chi connectivity index (χ3n) is 1.96. The first-order valence-corrected chi connectivity index (χ1v) is 4.35. The molecule has 0 amide bonds. The van der Waals surface area contributed by atoms with Gasteiger partial charge < -0.3 is 5.73 Å². The van der Waals surface area contributed by atoms with Crippen LogP contribution in [0.5, 0.6) is 0 Å². The smallest absolute Gasteiger partial charge is 0.108 e. The quantitative estimate of drug-likeness (QED) is 0.755. The standard InChI is InChI=1S/C9H9N3S.ClH/c1-6-8(9(10)13)7-4-2-3-5-12(7)11-6;/h2-5H,1H3,(H2,10,13);1H. The van der Waals surface area contributed by atoms with E-state index < -0.39 is 0 Å². The van der Waals surface area contributed by atoms with Crippen molar-refractivity contribution < 1.29 is 0 Å². The van der Waals surface area contributed by atoms with Gasteiger partial charge in [0.1, 0.15) is 4.99 Å². The minimum atomic E-state index is 0.